The van der Waals surface area contributed by atoms with Gasteiger partial charge in [0, 0.05) is 5.75 Å². The number of aromatic nitrogens is 1. The van der Waals surface area contributed by atoms with E-state index in [9.17, 15) is 31.1 Å². The van der Waals surface area contributed by atoms with Crippen LogP contribution in [0.25, 0.3) is 10.9 Å². The van der Waals surface area contributed by atoms with Crippen LogP contribution in [0.15, 0.2) is 56.9 Å². The van der Waals surface area contributed by atoms with Gasteiger partial charge in [0.1, 0.15) is 0 Å². The van der Waals surface area contributed by atoms with E-state index in [0.717, 1.165) is 42.1 Å². The van der Waals surface area contributed by atoms with Crippen LogP contribution in [0.4, 0.5) is 26.3 Å². The van der Waals surface area contributed by atoms with E-state index < -0.39 is 29.1 Å². The van der Waals surface area contributed by atoms with Crippen LogP contribution in [0.2, 0.25) is 0 Å². The molecule has 0 bridgehead atoms. The van der Waals surface area contributed by atoms with Crippen LogP contribution in [0, 0.1) is 0 Å². The molecule has 0 atom stereocenters. The number of hydrogen-bond donors (Lipinski definition) is 0. The summed E-state index contributed by atoms with van der Waals surface area (Å²) in [5, 5.41) is -0.270. The molecule has 0 aliphatic rings. The van der Waals surface area contributed by atoms with E-state index in [0.29, 0.717) is 5.56 Å². The standard InChI is InChI=1S/C17H9F6NO2S/c18-16(19,20)10-3-1-9(2-4-10)8-27-15-24-13-7-11(17(21,22)23)5-6-12(13)14(25)26-15/h1-7H,8H2. The van der Waals surface area contributed by atoms with E-state index in [2.05, 4.69) is 4.98 Å². The molecule has 0 radical (unpaired) electrons. The average Bonchev–Trinajstić information content (AvgIpc) is 2.58. The molecule has 0 N–H and O–H groups in total. The number of alkyl halides is 6. The predicted octanol–water partition coefficient (Wildman–Crippen LogP) is 5.52. The first kappa shape index (κ1) is 19.3. The lowest BCUT2D eigenvalue weighted by atomic mass is 10.1. The summed E-state index contributed by atoms with van der Waals surface area (Å²) in [6.07, 6.45) is -9.03. The predicted molar refractivity (Wildman–Crippen MR) is 86.3 cm³/mol. The van der Waals surface area contributed by atoms with Crippen molar-refractivity contribution in [3.63, 3.8) is 0 Å². The number of fused-ring (bicyclic) bond motifs is 1. The second kappa shape index (κ2) is 6.91. The third-order valence-electron chi connectivity index (χ3n) is 3.58. The Bertz CT molecular complexity index is 1020. The van der Waals surface area contributed by atoms with Crippen molar-refractivity contribution in [3.8, 4) is 0 Å². The van der Waals surface area contributed by atoms with E-state index in [1.165, 1.54) is 12.1 Å². The van der Waals surface area contributed by atoms with Crippen molar-refractivity contribution in [1.29, 1.82) is 0 Å². The Morgan fingerprint density at radius 1 is 0.889 bits per heavy atom. The van der Waals surface area contributed by atoms with Crippen molar-refractivity contribution < 1.29 is 30.8 Å². The Morgan fingerprint density at radius 2 is 1.48 bits per heavy atom. The maximum atomic E-state index is 12.8. The van der Waals surface area contributed by atoms with Gasteiger partial charge in [0.25, 0.3) is 5.22 Å². The molecule has 10 heteroatoms. The highest BCUT2D eigenvalue weighted by atomic mass is 32.2. The summed E-state index contributed by atoms with van der Waals surface area (Å²) in [7, 11) is 0. The minimum atomic E-state index is -4.58. The molecular formula is C17H9F6NO2S. The van der Waals surface area contributed by atoms with Gasteiger partial charge in [0.2, 0.25) is 0 Å². The molecule has 0 amide bonds. The molecule has 0 aliphatic carbocycles. The van der Waals surface area contributed by atoms with Crippen molar-refractivity contribution in [3.05, 3.63) is 69.6 Å². The van der Waals surface area contributed by atoms with Gasteiger partial charge in [0.15, 0.2) is 0 Å². The van der Waals surface area contributed by atoms with E-state index in [4.69, 9.17) is 4.42 Å². The van der Waals surface area contributed by atoms with Gasteiger partial charge in [0.05, 0.1) is 22.0 Å². The molecule has 1 aromatic heterocycles. The van der Waals surface area contributed by atoms with Gasteiger partial charge in [-0.2, -0.15) is 26.3 Å². The van der Waals surface area contributed by atoms with Crippen LogP contribution in [0.5, 0.6) is 0 Å². The monoisotopic (exact) mass is 405 g/mol. The summed E-state index contributed by atoms with van der Waals surface area (Å²) in [6, 6.07) is 6.84. The third kappa shape index (κ3) is 4.44. The van der Waals surface area contributed by atoms with Crippen LogP contribution < -0.4 is 5.63 Å². The molecule has 3 nitrogen and oxygen atoms in total. The normalized spacial score (nSPS) is 12.5. The van der Waals surface area contributed by atoms with E-state index in [1.807, 2.05) is 0 Å². The molecule has 0 aliphatic heterocycles. The number of thioether (sulfide) groups is 1. The molecule has 2 aromatic carbocycles. The zero-order valence-corrected chi connectivity index (χ0v) is 14.0. The molecular weight excluding hydrogens is 396 g/mol. The zero-order chi connectivity index (χ0) is 19.8. The van der Waals surface area contributed by atoms with Gasteiger partial charge in [-0.05, 0) is 35.9 Å². The summed E-state index contributed by atoms with van der Waals surface area (Å²) in [6.45, 7) is 0. The van der Waals surface area contributed by atoms with Gasteiger partial charge in [-0.25, -0.2) is 9.78 Å². The first-order chi connectivity index (χ1) is 12.5. The zero-order valence-electron chi connectivity index (χ0n) is 13.2. The lowest BCUT2D eigenvalue weighted by Gasteiger charge is -2.08. The third-order valence-corrected chi connectivity index (χ3v) is 4.48. The van der Waals surface area contributed by atoms with Crippen LogP contribution in [0.3, 0.4) is 0 Å². The minimum absolute atomic E-state index is 0.0955. The maximum absolute atomic E-state index is 12.8. The Hall–Kier alpha value is -2.49. The van der Waals surface area contributed by atoms with Gasteiger partial charge >= 0.3 is 18.0 Å². The molecule has 1 heterocycles. The Morgan fingerprint density at radius 3 is 2.07 bits per heavy atom. The van der Waals surface area contributed by atoms with Gasteiger partial charge in [-0.3, -0.25) is 0 Å². The smallest absolute Gasteiger partial charge is 0.397 e. The highest BCUT2D eigenvalue weighted by Crippen LogP contribution is 2.32. The average molecular weight is 405 g/mol. The second-order valence-electron chi connectivity index (χ2n) is 5.48. The molecule has 3 aromatic rings. The fourth-order valence-corrected chi connectivity index (χ4v) is 3.01. The molecule has 0 spiro atoms. The first-order valence-electron chi connectivity index (χ1n) is 7.35. The largest absolute Gasteiger partial charge is 0.416 e. The highest BCUT2D eigenvalue weighted by molar-refractivity contribution is 7.98. The van der Waals surface area contributed by atoms with E-state index >= 15 is 0 Å². The molecule has 0 saturated heterocycles. The fourth-order valence-electron chi connectivity index (χ4n) is 2.23. The van der Waals surface area contributed by atoms with Crippen molar-refractivity contribution in [1.82, 2.24) is 4.98 Å². The summed E-state index contributed by atoms with van der Waals surface area (Å²) >= 11 is 0.889. The summed E-state index contributed by atoms with van der Waals surface area (Å²) in [4.78, 5) is 15.8. The Balaban J connectivity index is 1.83. The molecule has 3 rings (SSSR count). The number of nitrogens with zero attached hydrogens (tertiary/aromatic N) is 1. The summed E-state index contributed by atoms with van der Waals surface area (Å²) in [5.74, 6) is 0.124. The highest BCUT2D eigenvalue weighted by Gasteiger charge is 2.31. The quantitative estimate of drug-likeness (QED) is 0.425. The van der Waals surface area contributed by atoms with Crippen molar-refractivity contribution in [2.24, 2.45) is 0 Å². The minimum Gasteiger partial charge on any atom is -0.397 e. The SMILES string of the molecule is O=c1oc(SCc2ccc(C(F)(F)F)cc2)nc2cc(C(F)(F)F)ccc12. The molecule has 27 heavy (non-hydrogen) atoms. The molecule has 0 saturated carbocycles. The Kier molecular flexibility index (Phi) is 4.94. The maximum Gasteiger partial charge on any atom is 0.416 e. The van der Waals surface area contributed by atoms with Crippen LogP contribution in [-0.2, 0) is 18.1 Å². The van der Waals surface area contributed by atoms with Crippen LogP contribution >= 0.6 is 11.8 Å². The number of benzene rings is 2. The van der Waals surface area contributed by atoms with Crippen molar-refractivity contribution in [2.45, 2.75) is 23.3 Å². The molecule has 142 valence electrons. The van der Waals surface area contributed by atoms with Gasteiger partial charge < -0.3 is 4.42 Å². The fraction of sp³-hybridized carbons (Fsp3) is 0.176. The van der Waals surface area contributed by atoms with Crippen molar-refractivity contribution in [2.75, 3.05) is 0 Å². The molecule has 0 unspecified atom stereocenters. The molecule has 0 fully saturated rings. The summed E-state index contributed by atoms with van der Waals surface area (Å²) < 4.78 is 80.9. The second-order valence-corrected chi connectivity index (χ2v) is 6.41. The van der Waals surface area contributed by atoms with Crippen LogP contribution in [-0.4, -0.2) is 4.98 Å². The van der Waals surface area contributed by atoms with Gasteiger partial charge in [-0.15, -0.1) is 0 Å². The van der Waals surface area contributed by atoms with Crippen LogP contribution in [0.1, 0.15) is 16.7 Å². The first-order valence-corrected chi connectivity index (χ1v) is 8.33. The number of halogens is 6. The van der Waals surface area contributed by atoms with Crippen molar-refractivity contribution >= 4 is 22.7 Å². The number of rotatable bonds is 3. The summed E-state index contributed by atoms with van der Waals surface area (Å²) in [5.41, 5.74) is -2.26. The van der Waals surface area contributed by atoms with Gasteiger partial charge in [-0.1, -0.05) is 23.9 Å². The topological polar surface area (TPSA) is 43.1 Å². The number of hydrogen-bond acceptors (Lipinski definition) is 4. The lowest BCUT2D eigenvalue weighted by Crippen LogP contribution is -2.08. The van der Waals surface area contributed by atoms with E-state index in [-0.39, 0.29) is 21.9 Å². The lowest BCUT2D eigenvalue weighted by molar-refractivity contribution is -0.138. The van der Waals surface area contributed by atoms with E-state index in [1.54, 1.807) is 0 Å². The Labute approximate surface area is 152 Å².